The van der Waals surface area contributed by atoms with Crippen LogP contribution in [0, 0.1) is 5.92 Å². The highest BCUT2D eigenvalue weighted by Crippen LogP contribution is 2.27. The SMILES string of the molecule is O=C(c1ccccc1)c1cc(Cl)ccc1NCCC1CCCCC1. The first-order valence-corrected chi connectivity index (χ1v) is 9.25. The molecule has 0 spiro atoms. The molecule has 1 fully saturated rings. The highest BCUT2D eigenvalue weighted by Gasteiger charge is 2.16. The normalized spacial score (nSPS) is 15.2. The van der Waals surface area contributed by atoms with E-state index in [9.17, 15) is 4.79 Å². The smallest absolute Gasteiger partial charge is 0.195 e. The predicted octanol–water partition coefficient (Wildman–Crippen LogP) is 5.95. The highest BCUT2D eigenvalue weighted by atomic mass is 35.5. The summed E-state index contributed by atoms with van der Waals surface area (Å²) in [6, 6.07) is 14.9. The summed E-state index contributed by atoms with van der Waals surface area (Å²) in [6.45, 7) is 0.904. The summed E-state index contributed by atoms with van der Waals surface area (Å²) in [4.78, 5) is 12.8. The van der Waals surface area contributed by atoms with E-state index >= 15 is 0 Å². The van der Waals surface area contributed by atoms with Crippen molar-refractivity contribution in [1.29, 1.82) is 0 Å². The maximum atomic E-state index is 12.8. The molecule has 1 N–H and O–H groups in total. The molecule has 0 amide bonds. The number of benzene rings is 2. The summed E-state index contributed by atoms with van der Waals surface area (Å²) in [5, 5.41) is 4.05. The minimum absolute atomic E-state index is 0.0123. The quantitative estimate of drug-likeness (QED) is 0.657. The number of rotatable bonds is 6. The van der Waals surface area contributed by atoms with Gasteiger partial charge >= 0.3 is 0 Å². The Labute approximate surface area is 149 Å². The van der Waals surface area contributed by atoms with Gasteiger partial charge in [0.15, 0.2) is 5.78 Å². The van der Waals surface area contributed by atoms with E-state index in [1.54, 1.807) is 6.07 Å². The summed E-state index contributed by atoms with van der Waals surface area (Å²) < 4.78 is 0. The summed E-state index contributed by atoms with van der Waals surface area (Å²) in [6.07, 6.45) is 7.97. The van der Waals surface area contributed by atoms with Gasteiger partial charge in [0.05, 0.1) is 0 Å². The molecule has 3 rings (SSSR count). The van der Waals surface area contributed by atoms with E-state index < -0.39 is 0 Å². The lowest BCUT2D eigenvalue weighted by Gasteiger charge is -2.22. The van der Waals surface area contributed by atoms with Gasteiger partial charge in [-0.25, -0.2) is 0 Å². The standard InChI is InChI=1S/C21H24ClNO/c22-18-11-12-20(23-14-13-16-7-3-1-4-8-16)19(15-18)21(24)17-9-5-2-6-10-17/h2,5-6,9-12,15-16,23H,1,3-4,7-8,13-14H2. The van der Waals surface area contributed by atoms with Crippen LogP contribution < -0.4 is 5.32 Å². The minimum atomic E-state index is 0.0123. The van der Waals surface area contributed by atoms with Crippen LogP contribution in [0.15, 0.2) is 48.5 Å². The summed E-state index contributed by atoms with van der Waals surface area (Å²) in [7, 11) is 0. The first-order chi connectivity index (χ1) is 11.7. The fraction of sp³-hybridized carbons (Fsp3) is 0.381. The van der Waals surface area contributed by atoms with Gasteiger partial charge in [0.25, 0.3) is 0 Å². The zero-order valence-corrected chi connectivity index (χ0v) is 14.7. The molecule has 0 saturated heterocycles. The van der Waals surface area contributed by atoms with Crippen molar-refractivity contribution in [3.63, 3.8) is 0 Å². The van der Waals surface area contributed by atoms with Crippen molar-refractivity contribution in [2.75, 3.05) is 11.9 Å². The van der Waals surface area contributed by atoms with Crippen LogP contribution in [-0.2, 0) is 0 Å². The Balaban J connectivity index is 1.70. The monoisotopic (exact) mass is 341 g/mol. The Hall–Kier alpha value is -1.80. The molecule has 1 saturated carbocycles. The van der Waals surface area contributed by atoms with E-state index in [1.165, 1.54) is 38.5 Å². The number of carbonyl (C=O) groups is 1. The molecule has 0 heterocycles. The molecule has 0 bridgehead atoms. The van der Waals surface area contributed by atoms with Gasteiger partial charge < -0.3 is 5.32 Å². The van der Waals surface area contributed by atoms with E-state index in [4.69, 9.17) is 11.6 Å². The van der Waals surface area contributed by atoms with Gasteiger partial charge in [0.1, 0.15) is 0 Å². The van der Waals surface area contributed by atoms with Crippen molar-refractivity contribution in [3.8, 4) is 0 Å². The number of carbonyl (C=O) groups excluding carboxylic acids is 1. The van der Waals surface area contributed by atoms with Crippen LogP contribution in [0.2, 0.25) is 5.02 Å². The van der Waals surface area contributed by atoms with Gasteiger partial charge in [-0.1, -0.05) is 74.0 Å². The molecule has 126 valence electrons. The third-order valence-corrected chi connectivity index (χ3v) is 5.09. The van der Waals surface area contributed by atoms with Crippen molar-refractivity contribution in [3.05, 3.63) is 64.7 Å². The second-order valence-corrected chi connectivity index (χ2v) is 7.04. The van der Waals surface area contributed by atoms with Crippen molar-refractivity contribution >= 4 is 23.1 Å². The molecular weight excluding hydrogens is 318 g/mol. The van der Waals surface area contributed by atoms with Gasteiger partial charge in [-0.15, -0.1) is 0 Å². The Morgan fingerprint density at radius 3 is 2.54 bits per heavy atom. The van der Waals surface area contributed by atoms with E-state index in [0.717, 1.165) is 18.2 Å². The van der Waals surface area contributed by atoms with Crippen LogP contribution >= 0.6 is 11.6 Å². The largest absolute Gasteiger partial charge is 0.384 e. The van der Waals surface area contributed by atoms with Gasteiger partial charge in [-0.05, 0) is 30.5 Å². The molecule has 2 aromatic rings. The van der Waals surface area contributed by atoms with Gasteiger partial charge in [-0.3, -0.25) is 4.79 Å². The molecule has 1 aliphatic carbocycles. The Kier molecular flexibility index (Phi) is 5.92. The minimum Gasteiger partial charge on any atom is -0.384 e. The number of nitrogens with one attached hydrogen (secondary N) is 1. The number of hydrogen-bond donors (Lipinski definition) is 1. The molecule has 1 aliphatic rings. The van der Waals surface area contributed by atoms with Crippen LogP contribution in [0.4, 0.5) is 5.69 Å². The maximum Gasteiger partial charge on any atom is 0.195 e. The van der Waals surface area contributed by atoms with Crippen LogP contribution in [-0.4, -0.2) is 12.3 Å². The fourth-order valence-electron chi connectivity index (χ4n) is 3.49. The number of anilines is 1. The van der Waals surface area contributed by atoms with Crippen LogP contribution in [0.3, 0.4) is 0 Å². The first kappa shape index (κ1) is 17.0. The Morgan fingerprint density at radius 1 is 1.04 bits per heavy atom. The number of halogens is 1. The van der Waals surface area contributed by atoms with Crippen LogP contribution in [0.5, 0.6) is 0 Å². The van der Waals surface area contributed by atoms with E-state index in [1.807, 2.05) is 42.5 Å². The maximum absolute atomic E-state index is 12.8. The van der Waals surface area contributed by atoms with Crippen molar-refractivity contribution in [2.45, 2.75) is 38.5 Å². The van der Waals surface area contributed by atoms with E-state index in [0.29, 0.717) is 16.1 Å². The first-order valence-electron chi connectivity index (χ1n) is 8.87. The topological polar surface area (TPSA) is 29.1 Å². The third kappa shape index (κ3) is 4.39. The average Bonchev–Trinajstić information content (AvgIpc) is 2.64. The molecule has 24 heavy (non-hydrogen) atoms. The molecule has 0 aliphatic heterocycles. The average molecular weight is 342 g/mol. The molecule has 2 nitrogen and oxygen atoms in total. The van der Waals surface area contributed by atoms with Gasteiger partial charge in [0, 0.05) is 28.4 Å². The van der Waals surface area contributed by atoms with Crippen molar-refractivity contribution in [1.82, 2.24) is 0 Å². The predicted molar refractivity (Wildman–Crippen MR) is 101 cm³/mol. The number of ketones is 1. The second-order valence-electron chi connectivity index (χ2n) is 6.60. The lowest BCUT2D eigenvalue weighted by atomic mass is 9.87. The molecule has 0 radical (unpaired) electrons. The van der Waals surface area contributed by atoms with Crippen LogP contribution in [0.1, 0.15) is 54.4 Å². The molecule has 0 aromatic heterocycles. The Bertz CT molecular complexity index is 677. The van der Waals surface area contributed by atoms with E-state index in [2.05, 4.69) is 5.32 Å². The number of hydrogen-bond acceptors (Lipinski definition) is 2. The molecule has 3 heteroatoms. The highest BCUT2D eigenvalue weighted by molar-refractivity contribution is 6.31. The third-order valence-electron chi connectivity index (χ3n) is 4.85. The zero-order valence-electron chi connectivity index (χ0n) is 13.9. The molecular formula is C21H24ClNO. The second kappa shape index (κ2) is 8.34. The van der Waals surface area contributed by atoms with Crippen molar-refractivity contribution < 1.29 is 4.79 Å². The zero-order chi connectivity index (χ0) is 16.8. The summed E-state index contributed by atoms with van der Waals surface area (Å²) >= 11 is 6.12. The molecule has 2 aromatic carbocycles. The summed E-state index contributed by atoms with van der Waals surface area (Å²) in [5.74, 6) is 0.838. The lowest BCUT2D eigenvalue weighted by Crippen LogP contribution is -2.14. The lowest BCUT2D eigenvalue weighted by molar-refractivity contribution is 0.103. The molecule has 0 unspecified atom stereocenters. The fourth-order valence-corrected chi connectivity index (χ4v) is 3.66. The van der Waals surface area contributed by atoms with E-state index in [-0.39, 0.29) is 5.78 Å². The Morgan fingerprint density at radius 2 is 1.79 bits per heavy atom. The van der Waals surface area contributed by atoms with Gasteiger partial charge in [0.2, 0.25) is 0 Å². The molecule has 0 atom stereocenters. The summed E-state index contributed by atoms with van der Waals surface area (Å²) in [5.41, 5.74) is 2.22. The van der Waals surface area contributed by atoms with Crippen molar-refractivity contribution in [2.24, 2.45) is 5.92 Å². The van der Waals surface area contributed by atoms with Crippen LogP contribution in [0.25, 0.3) is 0 Å². The van der Waals surface area contributed by atoms with Gasteiger partial charge in [-0.2, -0.15) is 0 Å².